The molecule has 104 valence electrons. The Kier molecular flexibility index (Phi) is 3.54. The van der Waals surface area contributed by atoms with Gasteiger partial charge in [-0.3, -0.25) is 4.79 Å². The Morgan fingerprint density at radius 2 is 1.84 bits per heavy atom. The first-order valence-electron chi connectivity index (χ1n) is 6.00. The molecule has 2 rings (SSSR count). The van der Waals surface area contributed by atoms with Gasteiger partial charge in [-0.2, -0.15) is 0 Å². The minimum Gasteiger partial charge on any atom is -0.331 e. The lowest BCUT2D eigenvalue weighted by atomic mass is 9.98. The molecule has 1 aromatic rings. The fourth-order valence-corrected chi connectivity index (χ4v) is 2.24. The second-order valence-electron chi connectivity index (χ2n) is 5.19. The lowest BCUT2D eigenvalue weighted by Crippen LogP contribution is -2.60. The van der Waals surface area contributed by atoms with E-state index in [0.717, 1.165) is 0 Å². The average Bonchev–Trinajstić information content (AvgIpc) is 2.26. The van der Waals surface area contributed by atoms with Gasteiger partial charge in [-0.1, -0.05) is 0 Å². The lowest BCUT2D eigenvalue weighted by Gasteiger charge is -2.42. The molecule has 0 spiro atoms. The van der Waals surface area contributed by atoms with Crippen molar-refractivity contribution in [3.8, 4) is 0 Å². The summed E-state index contributed by atoms with van der Waals surface area (Å²) in [6.07, 6.45) is 0. The van der Waals surface area contributed by atoms with Gasteiger partial charge in [0.2, 0.25) is 0 Å². The molecule has 0 aliphatic carbocycles. The summed E-state index contributed by atoms with van der Waals surface area (Å²) in [7, 11) is 0. The molecule has 1 saturated heterocycles. The molecular formula is C13H15F3N2O. The lowest BCUT2D eigenvalue weighted by molar-refractivity contribution is 0.0467. The predicted octanol–water partition coefficient (Wildman–Crippen LogP) is 1.93. The summed E-state index contributed by atoms with van der Waals surface area (Å²) in [6, 6.07) is 1.04. The van der Waals surface area contributed by atoms with Crippen LogP contribution >= 0.6 is 0 Å². The fourth-order valence-electron chi connectivity index (χ4n) is 2.24. The van der Waals surface area contributed by atoms with E-state index in [9.17, 15) is 18.0 Å². The van der Waals surface area contributed by atoms with Gasteiger partial charge in [0, 0.05) is 31.8 Å². The van der Waals surface area contributed by atoms with Crippen molar-refractivity contribution in [1.82, 2.24) is 10.2 Å². The fraction of sp³-hybridized carbons (Fsp3) is 0.462. The Morgan fingerprint density at radius 1 is 1.26 bits per heavy atom. The van der Waals surface area contributed by atoms with Crippen molar-refractivity contribution in [3.05, 3.63) is 35.1 Å². The van der Waals surface area contributed by atoms with E-state index in [4.69, 9.17) is 0 Å². The van der Waals surface area contributed by atoms with Gasteiger partial charge < -0.3 is 10.2 Å². The summed E-state index contributed by atoms with van der Waals surface area (Å²) in [5.74, 6) is -4.12. The van der Waals surface area contributed by atoms with E-state index in [1.807, 2.05) is 0 Å². The molecule has 1 aliphatic heterocycles. The van der Waals surface area contributed by atoms with Crippen molar-refractivity contribution in [2.75, 3.05) is 19.6 Å². The van der Waals surface area contributed by atoms with Crippen LogP contribution in [-0.4, -0.2) is 36.0 Å². The van der Waals surface area contributed by atoms with Crippen molar-refractivity contribution in [3.63, 3.8) is 0 Å². The van der Waals surface area contributed by atoms with Crippen LogP contribution in [0.1, 0.15) is 24.2 Å². The van der Waals surface area contributed by atoms with E-state index in [-0.39, 0.29) is 0 Å². The number of benzene rings is 1. The zero-order valence-corrected chi connectivity index (χ0v) is 10.8. The molecule has 0 bridgehead atoms. The molecule has 0 aromatic heterocycles. The third-order valence-electron chi connectivity index (χ3n) is 3.27. The second kappa shape index (κ2) is 4.85. The van der Waals surface area contributed by atoms with Crippen LogP contribution in [0.4, 0.5) is 13.2 Å². The molecule has 1 N–H and O–H groups in total. The number of carbonyl (C=O) groups excluding carboxylic acids is 1. The van der Waals surface area contributed by atoms with Crippen LogP contribution in [-0.2, 0) is 0 Å². The summed E-state index contributed by atoms with van der Waals surface area (Å²) in [6.45, 7) is 5.04. The van der Waals surface area contributed by atoms with Gasteiger partial charge in [-0.05, 0) is 13.8 Å². The molecule has 1 aromatic carbocycles. The molecule has 1 fully saturated rings. The summed E-state index contributed by atoms with van der Waals surface area (Å²) in [5.41, 5.74) is -1.25. The molecule has 1 heterocycles. The first-order valence-corrected chi connectivity index (χ1v) is 6.00. The van der Waals surface area contributed by atoms with Crippen molar-refractivity contribution in [2.45, 2.75) is 19.4 Å². The quantitative estimate of drug-likeness (QED) is 0.847. The number of nitrogens with one attached hydrogen (secondary N) is 1. The van der Waals surface area contributed by atoms with Gasteiger partial charge in [-0.15, -0.1) is 0 Å². The van der Waals surface area contributed by atoms with Gasteiger partial charge >= 0.3 is 0 Å². The Bertz CT molecular complexity index is 494. The zero-order chi connectivity index (χ0) is 14.2. The van der Waals surface area contributed by atoms with Crippen LogP contribution in [0.15, 0.2) is 12.1 Å². The first-order chi connectivity index (χ1) is 8.83. The third kappa shape index (κ3) is 2.58. The van der Waals surface area contributed by atoms with Crippen molar-refractivity contribution >= 4 is 5.91 Å². The number of hydrogen-bond donors (Lipinski definition) is 1. The number of halogens is 3. The number of carbonyl (C=O) groups is 1. The van der Waals surface area contributed by atoms with E-state index in [2.05, 4.69) is 5.32 Å². The SMILES string of the molecule is CC1(C)CNCCN1C(=O)c1c(F)cc(F)cc1F. The number of piperazine rings is 1. The highest BCUT2D eigenvalue weighted by atomic mass is 19.1. The molecule has 19 heavy (non-hydrogen) atoms. The maximum Gasteiger partial charge on any atom is 0.260 e. The molecule has 0 radical (unpaired) electrons. The van der Waals surface area contributed by atoms with Gasteiger partial charge in [0.1, 0.15) is 23.0 Å². The number of amides is 1. The Balaban J connectivity index is 2.39. The smallest absolute Gasteiger partial charge is 0.260 e. The minimum absolute atomic E-state index is 0.349. The minimum atomic E-state index is -1.17. The predicted molar refractivity (Wildman–Crippen MR) is 64.3 cm³/mol. The van der Waals surface area contributed by atoms with Crippen molar-refractivity contribution in [1.29, 1.82) is 0 Å². The monoisotopic (exact) mass is 272 g/mol. The largest absolute Gasteiger partial charge is 0.331 e. The van der Waals surface area contributed by atoms with Gasteiger partial charge in [0.25, 0.3) is 5.91 Å². The van der Waals surface area contributed by atoms with Gasteiger partial charge in [-0.25, -0.2) is 13.2 Å². The number of nitrogens with zero attached hydrogens (tertiary/aromatic N) is 1. The van der Waals surface area contributed by atoms with E-state index in [1.165, 1.54) is 4.90 Å². The molecule has 3 nitrogen and oxygen atoms in total. The number of rotatable bonds is 1. The Labute approximate surface area is 109 Å². The summed E-state index contributed by atoms with van der Waals surface area (Å²) in [5, 5.41) is 3.11. The van der Waals surface area contributed by atoms with E-state index in [1.54, 1.807) is 13.8 Å². The van der Waals surface area contributed by atoms with Gasteiger partial charge in [0.15, 0.2) is 0 Å². The maximum atomic E-state index is 13.6. The zero-order valence-electron chi connectivity index (χ0n) is 10.8. The molecular weight excluding hydrogens is 257 g/mol. The van der Waals surface area contributed by atoms with E-state index >= 15 is 0 Å². The molecule has 0 unspecified atom stereocenters. The average molecular weight is 272 g/mol. The summed E-state index contributed by atoms with van der Waals surface area (Å²) >= 11 is 0. The third-order valence-corrected chi connectivity index (χ3v) is 3.27. The molecule has 0 saturated carbocycles. The Hall–Kier alpha value is -1.56. The highest BCUT2D eigenvalue weighted by Gasteiger charge is 2.36. The standard InChI is InChI=1S/C13H15F3N2O/c1-13(2)7-17-3-4-18(13)12(19)11-9(15)5-8(14)6-10(11)16/h5-6,17H,3-4,7H2,1-2H3. The number of hydrogen-bond acceptors (Lipinski definition) is 2. The molecule has 1 amide bonds. The van der Waals surface area contributed by atoms with Crippen LogP contribution in [0.3, 0.4) is 0 Å². The van der Waals surface area contributed by atoms with Crippen LogP contribution in [0.5, 0.6) is 0 Å². The summed E-state index contributed by atoms with van der Waals surface area (Å²) in [4.78, 5) is 13.7. The normalized spacial score (nSPS) is 18.5. The van der Waals surface area contributed by atoms with Crippen molar-refractivity contribution in [2.24, 2.45) is 0 Å². The molecule has 1 aliphatic rings. The second-order valence-corrected chi connectivity index (χ2v) is 5.19. The van der Waals surface area contributed by atoms with Crippen molar-refractivity contribution < 1.29 is 18.0 Å². The maximum absolute atomic E-state index is 13.6. The van der Waals surface area contributed by atoms with Crippen LogP contribution in [0.2, 0.25) is 0 Å². The molecule has 0 atom stereocenters. The highest BCUT2D eigenvalue weighted by molar-refractivity contribution is 5.95. The highest BCUT2D eigenvalue weighted by Crippen LogP contribution is 2.23. The first kappa shape index (κ1) is 13.9. The van der Waals surface area contributed by atoms with Crippen LogP contribution in [0.25, 0.3) is 0 Å². The summed E-state index contributed by atoms with van der Waals surface area (Å²) < 4.78 is 40.1. The van der Waals surface area contributed by atoms with Crippen LogP contribution in [0, 0.1) is 17.5 Å². The van der Waals surface area contributed by atoms with Gasteiger partial charge in [0.05, 0.1) is 5.54 Å². The van der Waals surface area contributed by atoms with Crippen LogP contribution < -0.4 is 5.32 Å². The van der Waals surface area contributed by atoms with E-state index in [0.29, 0.717) is 31.8 Å². The van der Waals surface area contributed by atoms with E-state index < -0.39 is 34.5 Å². The topological polar surface area (TPSA) is 32.3 Å². The molecule has 6 heteroatoms. The Morgan fingerprint density at radius 3 is 2.37 bits per heavy atom.